The minimum Gasteiger partial charge on any atom is -0.377 e. The summed E-state index contributed by atoms with van der Waals surface area (Å²) >= 11 is 0. The molecule has 108 valence electrons. The van der Waals surface area contributed by atoms with E-state index in [0.717, 1.165) is 32.5 Å². The fraction of sp³-hybridized carbons (Fsp3) is 0.647. The highest BCUT2D eigenvalue weighted by Crippen LogP contribution is 2.03. The Balaban J connectivity index is 1.94. The summed E-state index contributed by atoms with van der Waals surface area (Å²) in [4.78, 5) is 0. The molecule has 0 fully saturated rings. The van der Waals surface area contributed by atoms with Crippen LogP contribution in [-0.2, 0) is 11.2 Å². The second-order valence-corrected chi connectivity index (χ2v) is 5.18. The number of hydrogen-bond donors (Lipinski definition) is 1. The third-order valence-corrected chi connectivity index (χ3v) is 3.24. The van der Waals surface area contributed by atoms with Crippen molar-refractivity contribution in [3.63, 3.8) is 0 Å². The molecule has 0 aromatic heterocycles. The summed E-state index contributed by atoms with van der Waals surface area (Å²) in [7, 11) is 0. The van der Waals surface area contributed by atoms with Crippen molar-refractivity contribution in [2.24, 2.45) is 0 Å². The van der Waals surface area contributed by atoms with E-state index in [0.29, 0.717) is 6.10 Å². The van der Waals surface area contributed by atoms with Gasteiger partial charge in [-0.05, 0) is 38.3 Å². The van der Waals surface area contributed by atoms with Crippen LogP contribution in [0, 0.1) is 0 Å². The lowest BCUT2D eigenvalue weighted by Gasteiger charge is -2.14. The molecule has 19 heavy (non-hydrogen) atoms. The van der Waals surface area contributed by atoms with E-state index in [-0.39, 0.29) is 0 Å². The Morgan fingerprint density at radius 1 is 1.11 bits per heavy atom. The molecule has 1 unspecified atom stereocenters. The van der Waals surface area contributed by atoms with Crippen LogP contribution >= 0.6 is 0 Å². The molecule has 0 bridgehead atoms. The summed E-state index contributed by atoms with van der Waals surface area (Å²) in [5.74, 6) is 0. The quantitative estimate of drug-likeness (QED) is 0.613. The minimum absolute atomic E-state index is 0.317. The normalized spacial score (nSPS) is 12.5. The lowest BCUT2D eigenvalue weighted by Crippen LogP contribution is -2.28. The van der Waals surface area contributed by atoms with Crippen molar-refractivity contribution >= 4 is 0 Å². The Morgan fingerprint density at radius 2 is 1.89 bits per heavy atom. The fourth-order valence-corrected chi connectivity index (χ4v) is 2.07. The summed E-state index contributed by atoms with van der Waals surface area (Å²) in [6.07, 6.45) is 6.41. The van der Waals surface area contributed by atoms with E-state index >= 15 is 0 Å². The number of benzene rings is 1. The zero-order valence-electron chi connectivity index (χ0n) is 12.5. The van der Waals surface area contributed by atoms with Crippen LogP contribution in [0.4, 0.5) is 0 Å². The molecule has 0 aliphatic carbocycles. The van der Waals surface area contributed by atoms with Gasteiger partial charge in [-0.1, -0.05) is 50.1 Å². The molecule has 0 saturated carbocycles. The van der Waals surface area contributed by atoms with Gasteiger partial charge >= 0.3 is 0 Å². The molecule has 0 aliphatic heterocycles. The number of ether oxygens (including phenoxy) is 1. The van der Waals surface area contributed by atoms with Crippen molar-refractivity contribution in [3.8, 4) is 0 Å². The van der Waals surface area contributed by atoms with E-state index in [1.165, 1.54) is 24.8 Å². The first-order valence-corrected chi connectivity index (χ1v) is 7.69. The van der Waals surface area contributed by atoms with Crippen molar-refractivity contribution in [1.82, 2.24) is 5.32 Å². The van der Waals surface area contributed by atoms with E-state index in [1.54, 1.807) is 0 Å². The Labute approximate surface area is 118 Å². The second-order valence-electron chi connectivity index (χ2n) is 5.18. The van der Waals surface area contributed by atoms with Crippen LogP contribution < -0.4 is 5.32 Å². The van der Waals surface area contributed by atoms with Gasteiger partial charge in [-0.25, -0.2) is 0 Å². The summed E-state index contributed by atoms with van der Waals surface area (Å²) in [5, 5.41) is 3.45. The van der Waals surface area contributed by atoms with Crippen LogP contribution in [0.1, 0.15) is 45.1 Å². The Bertz CT molecular complexity index is 299. The molecule has 0 amide bonds. The molecule has 0 heterocycles. The SMILES string of the molecule is CCCCCNCC(C)OCCCc1ccccc1. The van der Waals surface area contributed by atoms with E-state index in [4.69, 9.17) is 4.74 Å². The van der Waals surface area contributed by atoms with Gasteiger partial charge in [0, 0.05) is 13.2 Å². The van der Waals surface area contributed by atoms with Crippen LogP contribution in [0.5, 0.6) is 0 Å². The smallest absolute Gasteiger partial charge is 0.0671 e. The molecule has 0 saturated heterocycles. The standard InChI is InChI=1S/C17H29NO/c1-3-4-8-13-18-15-16(2)19-14-9-12-17-10-6-5-7-11-17/h5-7,10-11,16,18H,3-4,8-9,12-15H2,1-2H3. The fourth-order valence-electron chi connectivity index (χ4n) is 2.07. The predicted octanol–water partition coefficient (Wildman–Crippen LogP) is 3.80. The van der Waals surface area contributed by atoms with Crippen molar-refractivity contribution in [2.45, 2.75) is 52.1 Å². The van der Waals surface area contributed by atoms with Crippen molar-refractivity contribution in [3.05, 3.63) is 35.9 Å². The van der Waals surface area contributed by atoms with E-state index < -0.39 is 0 Å². The molecule has 0 aliphatic rings. The molecule has 2 heteroatoms. The number of nitrogens with one attached hydrogen (secondary N) is 1. The maximum Gasteiger partial charge on any atom is 0.0671 e. The lowest BCUT2D eigenvalue weighted by molar-refractivity contribution is 0.0644. The topological polar surface area (TPSA) is 21.3 Å². The maximum absolute atomic E-state index is 5.81. The minimum atomic E-state index is 0.317. The molecule has 2 nitrogen and oxygen atoms in total. The van der Waals surface area contributed by atoms with Gasteiger partial charge in [0.05, 0.1) is 6.10 Å². The van der Waals surface area contributed by atoms with Crippen LogP contribution in [-0.4, -0.2) is 25.8 Å². The Hall–Kier alpha value is -0.860. The molecule has 1 rings (SSSR count). The van der Waals surface area contributed by atoms with Gasteiger partial charge in [0.25, 0.3) is 0 Å². The zero-order valence-corrected chi connectivity index (χ0v) is 12.5. The molecular formula is C17H29NO. The number of hydrogen-bond acceptors (Lipinski definition) is 2. The van der Waals surface area contributed by atoms with E-state index in [2.05, 4.69) is 49.5 Å². The molecule has 0 spiro atoms. The maximum atomic E-state index is 5.81. The van der Waals surface area contributed by atoms with E-state index in [1.807, 2.05) is 0 Å². The van der Waals surface area contributed by atoms with Crippen molar-refractivity contribution in [1.29, 1.82) is 0 Å². The summed E-state index contributed by atoms with van der Waals surface area (Å²) in [5.41, 5.74) is 1.40. The summed E-state index contributed by atoms with van der Waals surface area (Å²) < 4.78 is 5.81. The predicted molar refractivity (Wildman–Crippen MR) is 82.6 cm³/mol. The van der Waals surface area contributed by atoms with Crippen LogP contribution in [0.2, 0.25) is 0 Å². The van der Waals surface area contributed by atoms with Crippen molar-refractivity contribution in [2.75, 3.05) is 19.7 Å². The van der Waals surface area contributed by atoms with Crippen LogP contribution in [0.3, 0.4) is 0 Å². The summed E-state index contributed by atoms with van der Waals surface area (Å²) in [6.45, 7) is 7.32. The second kappa shape index (κ2) is 11.0. The van der Waals surface area contributed by atoms with Gasteiger partial charge in [-0.15, -0.1) is 0 Å². The molecular weight excluding hydrogens is 234 g/mol. The average Bonchev–Trinajstić information content (AvgIpc) is 2.44. The third kappa shape index (κ3) is 8.79. The number of aryl methyl sites for hydroxylation is 1. The molecule has 1 aromatic rings. The Kier molecular flexibility index (Phi) is 9.38. The Morgan fingerprint density at radius 3 is 2.63 bits per heavy atom. The molecule has 1 aromatic carbocycles. The number of rotatable bonds is 11. The highest BCUT2D eigenvalue weighted by molar-refractivity contribution is 5.14. The van der Waals surface area contributed by atoms with Crippen molar-refractivity contribution < 1.29 is 4.74 Å². The first-order chi connectivity index (χ1) is 9.33. The van der Waals surface area contributed by atoms with E-state index in [9.17, 15) is 0 Å². The first-order valence-electron chi connectivity index (χ1n) is 7.69. The monoisotopic (exact) mass is 263 g/mol. The molecule has 1 atom stereocenters. The third-order valence-electron chi connectivity index (χ3n) is 3.24. The highest BCUT2D eigenvalue weighted by Gasteiger charge is 2.01. The van der Waals surface area contributed by atoms with Crippen LogP contribution in [0.25, 0.3) is 0 Å². The summed E-state index contributed by atoms with van der Waals surface area (Å²) in [6, 6.07) is 10.6. The van der Waals surface area contributed by atoms with Gasteiger partial charge in [0.2, 0.25) is 0 Å². The van der Waals surface area contributed by atoms with Gasteiger partial charge in [0.1, 0.15) is 0 Å². The van der Waals surface area contributed by atoms with Gasteiger partial charge < -0.3 is 10.1 Å². The average molecular weight is 263 g/mol. The largest absolute Gasteiger partial charge is 0.377 e. The molecule has 0 radical (unpaired) electrons. The zero-order chi connectivity index (χ0) is 13.8. The van der Waals surface area contributed by atoms with Crippen LogP contribution in [0.15, 0.2) is 30.3 Å². The highest BCUT2D eigenvalue weighted by atomic mass is 16.5. The van der Waals surface area contributed by atoms with Gasteiger partial charge in [-0.2, -0.15) is 0 Å². The number of unbranched alkanes of at least 4 members (excludes halogenated alkanes) is 2. The molecule has 1 N–H and O–H groups in total. The lowest BCUT2D eigenvalue weighted by atomic mass is 10.1. The van der Waals surface area contributed by atoms with Gasteiger partial charge in [0.15, 0.2) is 0 Å². The first kappa shape index (κ1) is 16.2. The van der Waals surface area contributed by atoms with Gasteiger partial charge in [-0.3, -0.25) is 0 Å².